The highest BCUT2D eigenvalue weighted by molar-refractivity contribution is 7.15. The standard InChI is InChI=1S/C10H18N4S/c1-14(8-4-2-3-5-8)7-9-6-12-10(13-11)15-9/h6,8H,2-5,7,11H2,1H3,(H,12,13). The molecule has 0 amide bonds. The van der Waals surface area contributed by atoms with E-state index in [1.807, 2.05) is 6.20 Å². The number of hydrogen-bond acceptors (Lipinski definition) is 5. The molecule has 1 aromatic rings. The van der Waals surface area contributed by atoms with Gasteiger partial charge in [0.1, 0.15) is 0 Å². The number of nitrogen functional groups attached to an aromatic ring is 1. The zero-order chi connectivity index (χ0) is 10.7. The predicted molar refractivity (Wildman–Crippen MR) is 63.6 cm³/mol. The Kier molecular flexibility index (Phi) is 3.56. The zero-order valence-electron chi connectivity index (χ0n) is 9.07. The van der Waals surface area contributed by atoms with Gasteiger partial charge in [0.25, 0.3) is 0 Å². The van der Waals surface area contributed by atoms with Crippen LogP contribution in [0.4, 0.5) is 5.13 Å². The molecule has 0 atom stereocenters. The van der Waals surface area contributed by atoms with Crippen LogP contribution in [0.15, 0.2) is 6.20 Å². The van der Waals surface area contributed by atoms with Gasteiger partial charge in [-0.3, -0.25) is 10.3 Å². The molecule has 1 aliphatic rings. The summed E-state index contributed by atoms with van der Waals surface area (Å²) in [6.45, 7) is 0.990. The third kappa shape index (κ3) is 2.68. The average Bonchev–Trinajstić information content (AvgIpc) is 2.87. The van der Waals surface area contributed by atoms with Crippen molar-refractivity contribution in [3.05, 3.63) is 11.1 Å². The Hall–Kier alpha value is -0.650. The molecule has 1 aliphatic carbocycles. The van der Waals surface area contributed by atoms with Crippen molar-refractivity contribution in [1.82, 2.24) is 9.88 Å². The molecule has 5 heteroatoms. The summed E-state index contributed by atoms with van der Waals surface area (Å²) in [4.78, 5) is 7.88. The molecule has 15 heavy (non-hydrogen) atoms. The fourth-order valence-electron chi connectivity index (χ4n) is 2.17. The monoisotopic (exact) mass is 226 g/mol. The molecule has 1 saturated carbocycles. The number of thiazole rings is 1. The largest absolute Gasteiger partial charge is 0.300 e. The third-order valence-corrected chi connectivity index (χ3v) is 3.94. The fourth-order valence-corrected chi connectivity index (χ4v) is 2.95. The van der Waals surface area contributed by atoms with Crippen molar-refractivity contribution in [3.8, 4) is 0 Å². The van der Waals surface area contributed by atoms with Crippen LogP contribution in [0.5, 0.6) is 0 Å². The summed E-state index contributed by atoms with van der Waals surface area (Å²) in [6, 6.07) is 0.765. The summed E-state index contributed by atoms with van der Waals surface area (Å²) in [5, 5.41) is 0.796. The van der Waals surface area contributed by atoms with Crippen LogP contribution in [0.25, 0.3) is 0 Å². The van der Waals surface area contributed by atoms with Crippen LogP contribution in [0.2, 0.25) is 0 Å². The summed E-state index contributed by atoms with van der Waals surface area (Å²) < 4.78 is 0. The maximum Gasteiger partial charge on any atom is 0.197 e. The smallest absolute Gasteiger partial charge is 0.197 e. The lowest BCUT2D eigenvalue weighted by Crippen LogP contribution is -2.28. The number of nitrogens with zero attached hydrogens (tertiary/aromatic N) is 2. The molecule has 0 saturated heterocycles. The highest BCUT2D eigenvalue weighted by Gasteiger charge is 2.19. The second kappa shape index (κ2) is 4.92. The van der Waals surface area contributed by atoms with Gasteiger partial charge in [-0.2, -0.15) is 0 Å². The number of aromatic nitrogens is 1. The van der Waals surface area contributed by atoms with Crippen LogP contribution in [0.1, 0.15) is 30.6 Å². The molecule has 3 N–H and O–H groups in total. The van der Waals surface area contributed by atoms with Crippen molar-refractivity contribution < 1.29 is 0 Å². The van der Waals surface area contributed by atoms with E-state index >= 15 is 0 Å². The maximum atomic E-state index is 5.30. The second-order valence-electron chi connectivity index (χ2n) is 4.13. The van der Waals surface area contributed by atoms with E-state index in [1.165, 1.54) is 30.6 Å². The van der Waals surface area contributed by atoms with E-state index in [-0.39, 0.29) is 0 Å². The van der Waals surface area contributed by atoms with Gasteiger partial charge in [0.2, 0.25) is 0 Å². The lowest BCUT2D eigenvalue weighted by molar-refractivity contribution is 0.239. The molecule has 2 rings (SSSR count). The summed E-state index contributed by atoms with van der Waals surface area (Å²) in [5.74, 6) is 5.30. The van der Waals surface area contributed by atoms with Crippen LogP contribution in [0, 0.1) is 0 Å². The maximum absolute atomic E-state index is 5.30. The normalized spacial score (nSPS) is 17.5. The first-order valence-corrected chi connectivity index (χ1v) is 6.23. The number of nitrogens with two attached hydrogens (primary N) is 1. The van der Waals surface area contributed by atoms with Gasteiger partial charge in [-0.05, 0) is 19.9 Å². The Morgan fingerprint density at radius 1 is 1.60 bits per heavy atom. The van der Waals surface area contributed by atoms with Crippen molar-refractivity contribution in [1.29, 1.82) is 0 Å². The number of hydrazine groups is 1. The minimum absolute atomic E-state index is 0.765. The first kappa shape index (κ1) is 10.9. The fraction of sp³-hybridized carbons (Fsp3) is 0.700. The summed E-state index contributed by atoms with van der Waals surface area (Å²) in [6.07, 6.45) is 7.36. The van der Waals surface area contributed by atoms with Crippen LogP contribution >= 0.6 is 11.3 Å². The minimum Gasteiger partial charge on any atom is -0.300 e. The molecular weight excluding hydrogens is 208 g/mol. The minimum atomic E-state index is 0.765. The molecule has 1 fully saturated rings. The van der Waals surface area contributed by atoms with E-state index in [4.69, 9.17) is 5.84 Å². The topological polar surface area (TPSA) is 54.2 Å². The van der Waals surface area contributed by atoms with Gasteiger partial charge in [-0.15, -0.1) is 0 Å². The van der Waals surface area contributed by atoms with Crippen molar-refractivity contribution >= 4 is 16.5 Å². The van der Waals surface area contributed by atoms with E-state index < -0.39 is 0 Å². The number of hydrogen-bond donors (Lipinski definition) is 2. The van der Waals surface area contributed by atoms with E-state index in [9.17, 15) is 0 Å². The molecule has 0 unspecified atom stereocenters. The molecule has 0 aromatic carbocycles. The van der Waals surface area contributed by atoms with Crippen LogP contribution in [-0.2, 0) is 6.54 Å². The lowest BCUT2D eigenvalue weighted by Gasteiger charge is -2.22. The second-order valence-corrected chi connectivity index (χ2v) is 5.24. The van der Waals surface area contributed by atoms with Crippen molar-refractivity contribution in [3.63, 3.8) is 0 Å². The first-order chi connectivity index (χ1) is 7.29. The van der Waals surface area contributed by atoms with Crippen LogP contribution in [-0.4, -0.2) is 23.0 Å². The highest BCUT2D eigenvalue weighted by Crippen LogP contribution is 2.25. The number of anilines is 1. The van der Waals surface area contributed by atoms with E-state index in [2.05, 4.69) is 22.4 Å². The molecule has 0 bridgehead atoms. The molecule has 84 valence electrons. The summed E-state index contributed by atoms with van der Waals surface area (Å²) in [7, 11) is 2.20. The molecular formula is C10H18N4S. The molecule has 0 radical (unpaired) electrons. The lowest BCUT2D eigenvalue weighted by atomic mass is 10.2. The molecule has 0 spiro atoms. The molecule has 4 nitrogen and oxygen atoms in total. The average molecular weight is 226 g/mol. The van der Waals surface area contributed by atoms with E-state index in [1.54, 1.807) is 11.3 Å². The van der Waals surface area contributed by atoms with Crippen molar-refractivity contribution in [2.45, 2.75) is 38.3 Å². The highest BCUT2D eigenvalue weighted by atomic mass is 32.1. The van der Waals surface area contributed by atoms with Crippen molar-refractivity contribution in [2.75, 3.05) is 12.5 Å². The first-order valence-electron chi connectivity index (χ1n) is 5.41. The Morgan fingerprint density at radius 2 is 2.33 bits per heavy atom. The SMILES string of the molecule is CN(Cc1cnc(NN)s1)C1CCCC1. The van der Waals surface area contributed by atoms with Crippen molar-refractivity contribution in [2.24, 2.45) is 5.84 Å². The van der Waals surface area contributed by atoms with Gasteiger partial charge in [0.05, 0.1) is 0 Å². The van der Waals surface area contributed by atoms with E-state index in [0.717, 1.165) is 17.7 Å². The molecule has 1 aromatic heterocycles. The number of rotatable bonds is 4. The predicted octanol–water partition coefficient (Wildman–Crippen LogP) is 1.80. The molecule has 0 aliphatic heterocycles. The molecule has 1 heterocycles. The summed E-state index contributed by atoms with van der Waals surface area (Å²) in [5.41, 5.74) is 2.58. The van der Waals surface area contributed by atoms with Gasteiger partial charge in [0.15, 0.2) is 5.13 Å². The van der Waals surface area contributed by atoms with Crippen LogP contribution in [0.3, 0.4) is 0 Å². The Bertz CT molecular complexity index is 306. The Labute approximate surface area is 94.5 Å². The Morgan fingerprint density at radius 3 is 2.93 bits per heavy atom. The van der Waals surface area contributed by atoms with Gasteiger partial charge in [0, 0.05) is 23.7 Å². The number of nitrogens with one attached hydrogen (secondary N) is 1. The van der Waals surface area contributed by atoms with Gasteiger partial charge >= 0.3 is 0 Å². The van der Waals surface area contributed by atoms with Gasteiger partial charge in [-0.1, -0.05) is 24.2 Å². The quantitative estimate of drug-likeness (QED) is 0.607. The third-order valence-electron chi connectivity index (χ3n) is 3.03. The van der Waals surface area contributed by atoms with E-state index in [0.29, 0.717) is 0 Å². The van der Waals surface area contributed by atoms with Gasteiger partial charge < -0.3 is 0 Å². The van der Waals surface area contributed by atoms with Gasteiger partial charge in [-0.25, -0.2) is 10.8 Å². The Balaban J connectivity index is 1.89. The zero-order valence-corrected chi connectivity index (χ0v) is 9.89. The summed E-state index contributed by atoms with van der Waals surface area (Å²) >= 11 is 1.63. The van der Waals surface area contributed by atoms with Crippen LogP contribution < -0.4 is 11.3 Å².